The number of hydrogen-bond acceptors (Lipinski definition) is 3. The Balaban J connectivity index is 0.00000242. The van der Waals surface area contributed by atoms with Crippen LogP contribution in [-0.2, 0) is 0 Å². The molecule has 1 saturated carbocycles. The quantitative estimate of drug-likeness (QED) is 0.349. The number of guanidine groups is 1. The van der Waals surface area contributed by atoms with E-state index < -0.39 is 0 Å². The van der Waals surface area contributed by atoms with Crippen molar-refractivity contribution in [1.29, 1.82) is 0 Å². The number of rotatable bonds is 5. The predicted molar refractivity (Wildman–Crippen MR) is 107 cm³/mol. The predicted octanol–water partition coefficient (Wildman–Crippen LogP) is 3.00. The number of hydrogen-bond donors (Lipinski definition) is 3. The molecule has 2 fully saturated rings. The zero-order valence-corrected chi connectivity index (χ0v) is 17.1. The molecule has 6 heteroatoms. The summed E-state index contributed by atoms with van der Waals surface area (Å²) < 4.78 is 0.333. The summed E-state index contributed by atoms with van der Waals surface area (Å²) in [5.41, 5.74) is 0. The molecule has 130 valence electrons. The van der Waals surface area contributed by atoms with E-state index in [1.807, 2.05) is 11.8 Å². The second-order valence-corrected chi connectivity index (χ2v) is 8.36. The first kappa shape index (κ1) is 20.4. The van der Waals surface area contributed by atoms with Crippen molar-refractivity contribution < 1.29 is 5.11 Å². The minimum absolute atomic E-state index is 0. The Kier molecular flexibility index (Phi) is 9.47. The second-order valence-electron chi connectivity index (χ2n) is 6.67. The van der Waals surface area contributed by atoms with Gasteiger partial charge in [-0.15, -0.1) is 24.0 Å². The minimum Gasteiger partial charge on any atom is -0.391 e. The van der Waals surface area contributed by atoms with Gasteiger partial charge in [-0.2, -0.15) is 11.8 Å². The third-order valence-electron chi connectivity index (χ3n) is 4.83. The molecule has 0 radical (unpaired) electrons. The summed E-state index contributed by atoms with van der Waals surface area (Å²) in [4.78, 5) is 4.27. The number of aliphatic hydroxyl groups is 1. The van der Waals surface area contributed by atoms with Crippen molar-refractivity contribution >= 4 is 41.7 Å². The average molecular weight is 441 g/mol. The minimum atomic E-state index is -0.250. The first-order valence-corrected chi connectivity index (χ1v) is 9.38. The van der Waals surface area contributed by atoms with Gasteiger partial charge in [0, 0.05) is 24.9 Å². The molecule has 0 bridgehead atoms. The lowest BCUT2D eigenvalue weighted by molar-refractivity contribution is 0.0880. The van der Waals surface area contributed by atoms with Crippen LogP contribution in [0.25, 0.3) is 0 Å². The van der Waals surface area contributed by atoms with Crippen molar-refractivity contribution in [2.24, 2.45) is 10.9 Å². The van der Waals surface area contributed by atoms with Gasteiger partial charge in [0.2, 0.25) is 0 Å². The molecule has 2 rings (SSSR count). The topological polar surface area (TPSA) is 56.7 Å². The second kappa shape index (κ2) is 10.2. The van der Waals surface area contributed by atoms with Crippen LogP contribution < -0.4 is 10.6 Å². The lowest BCUT2D eigenvalue weighted by Gasteiger charge is -2.28. The van der Waals surface area contributed by atoms with E-state index >= 15 is 0 Å². The number of nitrogens with one attached hydrogen (secondary N) is 2. The molecular formula is C16H32IN3OS. The molecule has 1 heterocycles. The van der Waals surface area contributed by atoms with Crippen molar-refractivity contribution in [2.75, 3.05) is 25.9 Å². The molecule has 1 aliphatic heterocycles. The zero-order valence-electron chi connectivity index (χ0n) is 13.9. The third kappa shape index (κ3) is 6.43. The van der Waals surface area contributed by atoms with Crippen molar-refractivity contribution in [1.82, 2.24) is 10.6 Å². The summed E-state index contributed by atoms with van der Waals surface area (Å²) in [6, 6.07) is 0. The molecule has 2 aliphatic rings. The van der Waals surface area contributed by atoms with Crippen LogP contribution >= 0.6 is 35.7 Å². The lowest BCUT2D eigenvalue weighted by atomic mass is 9.85. The van der Waals surface area contributed by atoms with Crippen LogP contribution in [0.4, 0.5) is 0 Å². The molecule has 4 nitrogen and oxygen atoms in total. The fraction of sp³-hybridized carbons (Fsp3) is 0.938. The summed E-state index contributed by atoms with van der Waals surface area (Å²) in [6.45, 7) is 3.87. The van der Waals surface area contributed by atoms with E-state index in [0.717, 1.165) is 12.5 Å². The van der Waals surface area contributed by atoms with Gasteiger partial charge >= 0.3 is 0 Å². The normalized spacial score (nSPS) is 28.0. The van der Waals surface area contributed by atoms with Gasteiger partial charge in [0.25, 0.3) is 0 Å². The van der Waals surface area contributed by atoms with Gasteiger partial charge < -0.3 is 15.7 Å². The van der Waals surface area contributed by atoms with Crippen LogP contribution in [0, 0.1) is 5.92 Å². The van der Waals surface area contributed by atoms with Gasteiger partial charge in [0.05, 0.1) is 6.10 Å². The molecular weight excluding hydrogens is 409 g/mol. The molecule has 2 unspecified atom stereocenters. The summed E-state index contributed by atoms with van der Waals surface area (Å²) in [7, 11) is 1.80. The van der Waals surface area contributed by atoms with E-state index in [2.05, 4.69) is 22.5 Å². The van der Waals surface area contributed by atoms with Crippen LogP contribution in [0.3, 0.4) is 0 Å². The molecule has 1 aliphatic carbocycles. The Morgan fingerprint density at radius 3 is 2.59 bits per heavy atom. The summed E-state index contributed by atoms with van der Waals surface area (Å²) >= 11 is 2.05. The first-order valence-electron chi connectivity index (χ1n) is 8.39. The Labute approximate surface area is 156 Å². The van der Waals surface area contributed by atoms with Gasteiger partial charge in [-0.3, -0.25) is 4.99 Å². The standard InChI is InChI=1S/C16H31N3OS.HI/c1-16(9-6-10-21-16)12-19-15(17-2)18-11-14(20)13-7-4-3-5-8-13;/h13-14,20H,3-12H2,1-2H3,(H2,17,18,19);1H. The Hall–Kier alpha value is 0.310. The van der Waals surface area contributed by atoms with E-state index in [4.69, 9.17) is 0 Å². The van der Waals surface area contributed by atoms with Crippen molar-refractivity contribution in [2.45, 2.75) is 62.7 Å². The van der Waals surface area contributed by atoms with Crippen LogP contribution in [0.2, 0.25) is 0 Å². The molecule has 22 heavy (non-hydrogen) atoms. The molecule has 0 spiro atoms. The number of halogens is 1. The van der Waals surface area contributed by atoms with Gasteiger partial charge in [-0.25, -0.2) is 0 Å². The fourth-order valence-electron chi connectivity index (χ4n) is 3.35. The van der Waals surface area contributed by atoms with Crippen LogP contribution in [-0.4, -0.2) is 47.8 Å². The number of nitrogens with zero attached hydrogens (tertiary/aromatic N) is 1. The Bertz CT molecular complexity index is 342. The van der Waals surface area contributed by atoms with Crippen molar-refractivity contribution in [3.8, 4) is 0 Å². The van der Waals surface area contributed by atoms with E-state index in [-0.39, 0.29) is 30.1 Å². The monoisotopic (exact) mass is 441 g/mol. The highest BCUT2D eigenvalue weighted by Crippen LogP contribution is 2.36. The summed E-state index contributed by atoms with van der Waals surface area (Å²) in [6.07, 6.45) is 8.54. The van der Waals surface area contributed by atoms with Crippen LogP contribution in [0.15, 0.2) is 4.99 Å². The van der Waals surface area contributed by atoms with Gasteiger partial charge in [0.1, 0.15) is 0 Å². The van der Waals surface area contributed by atoms with E-state index in [0.29, 0.717) is 17.2 Å². The van der Waals surface area contributed by atoms with E-state index in [9.17, 15) is 5.11 Å². The maximum Gasteiger partial charge on any atom is 0.191 e. The highest BCUT2D eigenvalue weighted by Gasteiger charge is 2.29. The summed E-state index contributed by atoms with van der Waals surface area (Å²) in [5, 5.41) is 17.0. The van der Waals surface area contributed by atoms with Gasteiger partial charge in [-0.1, -0.05) is 19.3 Å². The van der Waals surface area contributed by atoms with Crippen molar-refractivity contribution in [3.05, 3.63) is 0 Å². The van der Waals surface area contributed by atoms with Crippen LogP contribution in [0.1, 0.15) is 51.9 Å². The number of aliphatic imine (C=N–C) groups is 1. The highest BCUT2D eigenvalue weighted by atomic mass is 127. The third-order valence-corrected chi connectivity index (χ3v) is 6.36. The maximum atomic E-state index is 10.3. The zero-order chi connectivity index (χ0) is 15.1. The number of aliphatic hydroxyl groups excluding tert-OH is 1. The molecule has 0 aromatic heterocycles. The van der Waals surface area contributed by atoms with E-state index in [1.165, 1.54) is 50.7 Å². The average Bonchev–Trinajstić information content (AvgIpc) is 2.95. The SMILES string of the molecule is CN=C(NCC(O)C1CCCCC1)NCC1(C)CCCS1.I. The molecule has 3 N–H and O–H groups in total. The van der Waals surface area contributed by atoms with Crippen LogP contribution in [0.5, 0.6) is 0 Å². The van der Waals surface area contributed by atoms with E-state index in [1.54, 1.807) is 7.05 Å². The van der Waals surface area contributed by atoms with Gasteiger partial charge in [-0.05, 0) is 44.3 Å². The maximum absolute atomic E-state index is 10.3. The number of thioether (sulfide) groups is 1. The smallest absolute Gasteiger partial charge is 0.191 e. The van der Waals surface area contributed by atoms with Gasteiger partial charge in [0.15, 0.2) is 5.96 Å². The first-order chi connectivity index (χ1) is 10.1. The molecule has 2 atom stereocenters. The molecule has 1 saturated heterocycles. The Morgan fingerprint density at radius 1 is 1.27 bits per heavy atom. The van der Waals surface area contributed by atoms with Crippen molar-refractivity contribution in [3.63, 3.8) is 0 Å². The fourth-order valence-corrected chi connectivity index (χ4v) is 4.60. The molecule has 0 aromatic carbocycles. The molecule has 0 amide bonds. The largest absolute Gasteiger partial charge is 0.391 e. The lowest BCUT2D eigenvalue weighted by Crippen LogP contribution is -2.46. The molecule has 0 aromatic rings. The highest BCUT2D eigenvalue weighted by molar-refractivity contribution is 14.0. The Morgan fingerprint density at radius 2 is 2.00 bits per heavy atom. The summed E-state index contributed by atoms with van der Waals surface area (Å²) in [5.74, 6) is 2.55.